The monoisotopic (exact) mass is 732 g/mol. The molecule has 0 radical (unpaired) electrons. The molecule has 15 nitrogen and oxygen atoms in total. The highest BCUT2D eigenvalue weighted by Gasteiger charge is 2.88. The predicted molar refractivity (Wildman–Crippen MR) is 176 cm³/mol. The molecule has 0 aliphatic heterocycles. The van der Waals surface area contributed by atoms with Crippen molar-refractivity contribution in [3.05, 3.63) is 29.8 Å². The van der Waals surface area contributed by atoms with Crippen molar-refractivity contribution >= 4 is 30.2 Å². The molecular formula is C37H48O15. The van der Waals surface area contributed by atoms with E-state index in [9.17, 15) is 29.1 Å². The summed E-state index contributed by atoms with van der Waals surface area (Å²) in [5, 5.41) is 13.4. The molecule has 0 unspecified atom stereocenters. The Morgan fingerprint density at radius 1 is 0.769 bits per heavy atom. The number of rotatable bonds is 12. The highest BCUT2D eigenvalue weighted by atomic mass is 16.6. The minimum Gasteiger partial charge on any atom is -0.497 e. The smallest absolute Gasteiger partial charge is 0.338 e. The molecule has 0 amide bonds. The number of carbonyl (C=O) groups is 5. The van der Waals surface area contributed by atoms with Crippen LogP contribution >= 0.6 is 0 Å². The first kappa shape index (κ1) is 38.1. The molecule has 14 atom stereocenters. The van der Waals surface area contributed by atoms with Crippen molar-refractivity contribution in [2.24, 2.45) is 35.0 Å². The van der Waals surface area contributed by atoms with Gasteiger partial charge >= 0.3 is 23.9 Å². The van der Waals surface area contributed by atoms with Gasteiger partial charge in [0.25, 0.3) is 0 Å². The zero-order chi connectivity index (χ0) is 38.0. The van der Waals surface area contributed by atoms with Gasteiger partial charge in [0.2, 0.25) is 0 Å². The van der Waals surface area contributed by atoms with E-state index in [0.29, 0.717) is 12.0 Å². The largest absolute Gasteiger partial charge is 0.497 e. The standard InChI is InChI=1S/C37H48O15/c1-18(39)49-24-13-25(46-6)37(43)27-23-14-35(51-19(2)40)26(47-7)15-36(52-20(3)41,29(27)30(48-8)31(37)34(24,16-38)17-44-4)28(23)32(35)50-33(42)21-9-11-22(45-5)12-10-21/h9-12,16,23-32,43H,13-15,17H2,1-8H3/t23-,24+,25-,26-,27+,28+,29-,30-,31+,32+,34-,35-,36+,37+/m0/s1. The van der Waals surface area contributed by atoms with E-state index in [1.54, 1.807) is 12.1 Å². The third-order valence-corrected chi connectivity index (χ3v) is 12.7. The van der Waals surface area contributed by atoms with Crippen molar-refractivity contribution in [3.63, 3.8) is 0 Å². The minimum absolute atomic E-state index is 0.0265. The Labute approximate surface area is 301 Å². The van der Waals surface area contributed by atoms with Gasteiger partial charge in [-0.1, -0.05) is 0 Å². The van der Waals surface area contributed by atoms with E-state index < -0.39 is 106 Å². The molecule has 5 fully saturated rings. The van der Waals surface area contributed by atoms with Gasteiger partial charge in [0.1, 0.15) is 35.4 Å². The van der Waals surface area contributed by atoms with Crippen molar-refractivity contribution < 1.29 is 71.7 Å². The zero-order valence-electron chi connectivity index (χ0n) is 30.7. The maximum Gasteiger partial charge on any atom is 0.338 e. The molecule has 52 heavy (non-hydrogen) atoms. The molecule has 0 heterocycles. The molecule has 0 aromatic heterocycles. The lowest BCUT2D eigenvalue weighted by atomic mass is 9.55. The number of fused-ring (bicyclic) bond motifs is 6. The number of benzene rings is 1. The summed E-state index contributed by atoms with van der Waals surface area (Å²) in [6.07, 6.45) is -4.70. The van der Waals surface area contributed by atoms with Gasteiger partial charge in [-0.3, -0.25) is 14.4 Å². The lowest BCUT2D eigenvalue weighted by Crippen LogP contribution is -2.69. The third-order valence-electron chi connectivity index (χ3n) is 12.7. The van der Waals surface area contributed by atoms with Crippen LogP contribution in [0.4, 0.5) is 0 Å². The Hall–Kier alpha value is -3.63. The topological polar surface area (TPSA) is 189 Å². The normalized spacial score (nSPS) is 42.4. The second-order valence-electron chi connectivity index (χ2n) is 14.8. The first-order valence-electron chi connectivity index (χ1n) is 17.4. The van der Waals surface area contributed by atoms with Gasteiger partial charge < -0.3 is 52.5 Å². The summed E-state index contributed by atoms with van der Waals surface area (Å²) in [5.74, 6) is -6.45. The fourth-order valence-corrected chi connectivity index (χ4v) is 11.5. The van der Waals surface area contributed by atoms with Crippen LogP contribution in [-0.2, 0) is 57.1 Å². The third kappa shape index (κ3) is 5.21. The number of hydrogen-bond acceptors (Lipinski definition) is 15. The van der Waals surface area contributed by atoms with Crippen molar-refractivity contribution in [3.8, 4) is 5.75 Å². The number of methoxy groups -OCH3 is 5. The van der Waals surface area contributed by atoms with Crippen molar-refractivity contribution in [2.75, 3.05) is 42.2 Å². The quantitative estimate of drug-likeness (QED) is 0.186. The van der Waals surface area contributed by atoms with E-state index in [0.717, 1.165) is 0 Å². The van der Waals surface area contributed by atoms with Gasteiger partial charge in [-0.25, -0.2) is 4.79 Å². The van der Waals surface area contributed by atoms with E-state index in [1.807, 2.05) is 0 Å². The molecule has 15 heteroatoms. The number of hydrogen-bond donors (Lipinski definition) is 1. The number of aliphatic hydroxyl groups is 1. The van der Waals surface area contributed by atoms with Gasteiger partial charge in [-0.2, -0.15) is 0 Å². The van der Waals surface area contributed by atoms with Crippen LogP contribution in [0.3, 0.4) is 0 Å². The van der Waals surface area contributed by atoms with Crippen LogP contribution in [0.15, 0.2) is 24.3 Å². The molecule has 6 rings (SSSR count). The molecule has 286 valence electrons. The van der Waals surface area contributed by atoms with Crippen LogP contribution in [-0.4, -0.2) is 125 Å². The molecule has 2 bridgehead atoms. The van der Waals surface area contributed by atoms with Gasteiger partial charge in [-0.15, -0.1) is 0 Å². The molecule has 0 saturated heterocycles. The second kappa shape index (κ2) is 13.7. The molecule has 0 spiro atoms. The number of esters is 4. The Balaban J connectivity index is 1.58. The summed E-state index contributed by atoms with van der Waals surface area (Å²) < 4.78 is 54.0. The zero-order valence-corrected chi connectivity index (χ0v) is 30.7. The highest BCUT2D eigenvalue weighted by molar-refractivity contribution is 5.90. The summed E-state index contributed by atoms with van der Waals surface area (Å²) >= 11 is 0. The average molecular weight is 733 g/mol. The number of carbonyl (C=O) groups excluding carboxylic acids is 5. The molecule has 5 aliphatic rings. The van der Waals surface area contributed by atoms with Crippen LogP contribution in [0.5, 0.6) is 5.75 Å². The van der Waals surface area contributed by atoms with Gasteiger partial charge in [0, 0.05) is 85.7 Å². The van der Waals surface area contributed by atoms with Crippen molar-refractivity contribution in [1.29, 1.82) is 0 Å². The summed E-state index contributed by atoms with van der Waals surface area (Å²) in [6, 6.07) is 6.29. The van der Waals surface area contributed by atoms with Gasteiger partial charge in [0.15, 0.2) is 11.7 Å². The van der Waals surface area contributed by atoms with E-state index >= 15 is 0 Å². The molecule has 5 aliphatic carbocycles. The Bertz CT molecular complexity index is 1580. The Morgan fingerprint density at radius 2 is 1.40 bits per heavy atom. The minimum atomic E-state index is -1.89. The fourth-order valence-electron chi connectivity index (χ4n) is 11.5. The van der Waals surface area contributed by atoms with Crippen LogP contribution in [0.2, 0.25) is 0 Å². The van der Waals surface area contributed by atoms with Crippen LogP contribution in [0.25, 0.3) is 0 Å². The molecule has 1 N–H and O–H groups in total. The van der Waals surface area contributed by atoms with Gasteiger partial charge in [-0.05, 0) is 36.6 Å². The van der Waals surface area contributed by atoms with E-state index in [2.05, 4.69) is 0 Å². The fraction of sp³-hybridized carbons (Fsp3) is 0.703. The van der Waals surface area contributed by atoms with Crippen molar-refractivity contribution in [1.82, 2.24) is 0 Å². The summed E-state index contributed by atoms with van der Waals surface area (Å²) in [4.78, 5) is 66.1. The summed E-state index contributed by atoms with van der Waals surface area (Å²) in [6.45, 7) is 3.49. The lowest BCUT2D eigenvalue weighted by molar-refractivity contribution is -0.257. The second-order valence-corrected chi connectivity index (χ2v) is 14.8. The molecule has 1 aromatic rings. The van der Waals surface area contributed by atoms with Crippen LogP contribution in [0, 0.1) is 35.0 Å². The van der Waals surface area contributed by atoms with Crippen LogP contribution in [0.1, 0.15) is 50.4 Å². The van der Waals surface area contributed by atoms with E-state index in [-0.39, 0.29) is 31.4 Å². The van der Waals surface area contributed by atoms with Crippen molar-refractivity contribution in [2.45, 2.75) is 87.4 Å². The first-order valence-corrected chi connectivity index (χ1v) is 17.4. The lowest BCUT2D eigenvalue weighted by Gasteiger charge is -2.56. The number of aldehydes is 1. The van der Waals surface area contributed by atoms with E-state index in [4.69, 9.17) is 42.6 Å². The molecule has 5 saturated carbocycles. The average Bonchev–Trinajstić information content (AvgIpc) is 3.63. The molecular weight excluding hydrogens is 684 g/mol. The number of ether oxygens (including phenoxy) is 9. The Morgan fingerprint density at radius 3 is 1.92 bits per heavy atom. The summed E-state index contributed by atoms with van der Waals surface area (Å²) in [5.41, 5.74) is -6.43. The first-order chi connectivity index (χ1) is 24.7. The Kier molecular flexibility index (Phi) is 10.0. The predicted octanol–water partition coefficient (Wildman–Crippen LogP) is 1.68. The maximum atomic E-state index is 14.0. The SMILES string of the molecule is COC[C@]1(C=O)[C@H]2[C@@H](OC)[C@@H]3[C@@H]([C@@H]4C[C@]5(OC(C)=O)[C@@H](OC)C[C@@]3(OC(C)=O)[C@H]4[C@H]5OC(=O)c3ccc(OC)cc3)[C@]2(O)[C@@H](OC)C[C@H]1OC(C)=O. The van der Waals surface area contributed by atoms with Crippen LogP contribution < -0.4 is 4.74 Å². The maximum absolute atomic E-state index is 14.0. The summed E-state index contributed by atoms with van der Waals surface area (Å²) in [7, 11) is 7.18. The highest BCUT2D eigenvalue weighted by Crippen LogP contribution is 2.76. The van der Waals surface area contributed by atoms with Gasteiger partial charge in [0.05, 0.1) is 36.9 Å². The van der Waals surface area contributed by atoms with E-state index in [1.165, 1.54) is 68.5 Å². The molecule has 1 aromatic carbocycles.